The molecule has 0 unspecified atom stereocenters. The topological polar surface area (TPSA) is 86.0 Å². The Morgan fingerprint density at radius 3 is 2.89 bits per heavy atom. The first kappa shape index (κ1) is 12.8. The van der Waals surface area contributed by atoms with Gasteiger partial charge in [-0.2, -0.15) is 15.0 Å². The van der Waals surface area contributed by atoms with Crippen LogP contribution in [0.25, 0.3) is 0 Å². The van der Waals surface area contributed by atoms with Crippen molar-refractivity contribution in [2.24, 2.45) is 0 Å². The monoisotopic (exact) mass is 357 g/mol. The van der Waals surface area contributed by atoms with Crippen molar-refractivity contribution in [3.05, 3.63) is 27.8 Å². The summed E-state index contributed by atoms with van der Waals surface area (Å²) in [6, 6.07) is 8.05. The van der Waals surface area contributed by atoms with E-state index in [1.165, 1.54) is 0 Å². The molecule has 0 saturated carbocycles. The van der Waals surface area contributed by atoms with E-state index in [0.717, 1.165) is 9.26 Å². The molecule has 1 aromatic carbocycles. The van der Waals surface area contributed by atoms with Gasteiger partial charge in [0.2, 0.25) is 11.9 Å². The number of rotatable bonds is 4. The predicted molar refractivity (Wildman–Crippen MR) is 77.9 cm³/mol. The van der Waals surface area contributed by atoms with Gasteiger partial charge in [-0.15, -0.1) is 0 Å². The van der Waals surface area contributed by atoms with Crippen LogP contribution in [-0.4, -0.2) is 21.6 Å². The second-order valence-corrected chi connectivity index (χ2v) is 4.61. The molecule has 3 N–H and O–H groups in total. The van der Waals surface area contributed by atoms with E-state index in [1.807, 2.05) is 31.2 Å². The van der Waals surface area contributed by atoms with Crippen LogP contribution < -0.4 is 15.8 Å². The van der Waals surface area contributed by atoms with Gasteiger partial charge in [-0.1, -0.05) is 6.07 Å². The Kier molecular flexibility index (Phi) is 4.13. The van der Waals surface area contributed by atoms with Gasteiger partial charge in [0.15, 0.2) is 0 Å². The summed E-state index contributed by atoms with van der Waals surface area (Å²) < 4.78 is 6.32. The quantitative estimate of drug-likeness (QED) is 0.816. The average molecular weight is 357 g/mol. The van der Waals surface area contributed by atoms with Crippen LogP contribution >= 0.6 is 22.6 Å². The molecule has 0 atom stereocenters. The van der Waals surface area contributed by atoms with Crippen LogP contribution in [0, 0.1) is 3.57 Å². The fraction of sp³-hybridized carbons (Fsp3) is 0.182. The van der Waals surface area contributed by atoms with Crippen molar-refractivity contribution in [2.45, 2.75) is 6.92 Å². The zero-order valence-corrected chi connectivity index (χ0v) is 11.9. The minimum atomic E-state index is 0.126. The highest BCUT2D eigenvalue weighted by atomic mass is 127. The second kappa shape index (κ2) is 5.80. The van der Waals surface area contributed by atoms with Crippen molar-refractivity contribution in [3.8, 4) is 6.01 Å². The largest absolute Gasteiger partial charge is 0.464 e. The lowest BCUT2D eigenvalue weighted by atomic mass is 10.3. The highest BCUT2D eigenvalue weighted by Gasteiger charge is 2.05. The molecule has 94 valence electrons. The van der Waals surface area contributed by atoms with Crippen molar-refractivity contribution in [1.29, 1.82) is 0 Å². The van der Waals surface area contributed by atoms with Gasteiger partial charge < -0.3 is 15.8 Å². The number of nitrogen functional groups attached to an aromatic ring is 1. The number of ether oxygens (including phenoxy) is 1. The summed E-state index contributed by atoms with van der Waals surface area (Å²) in [4.78, 5) is 12.0. The van der Waals surface area contributed by atoms with Crippen LogP contribution in [0.1, 0.15) is 6.92 Å². The molecule has 0 aliphatic carbocycles. The van der Waals surface area contributed by atoms with E-state index in [-0.39, 0.29) is 12.0 Å². The van der Waals surface area contributed by atoms with E-state index in [9.17, 15) is 0 Å². The van der Waals surface area contributed by atoms with Crippen LogP contribution in [0.3, 0.4) is 0 Å². The molecule has 6 nitrogen and oxygen atoms in total. The zero-order chi connectivity index (χ0) is 13.0. The van der Waals surface area contributed by atoms with Gasteiger partial charge in [-0.3, -0.25) is 0 Å². The summed E-state index contributed by atoms with van der Waals surface area (Å²) >= 11 is 2.23. The third kappa shape index (κ3) is 3.42. The summed E-state index contributed by atoms with van der Waals surface area (Å²) in [5.74, 6) is 0.495. The van der Waals surface area contributed by atoms with Crippen LogP contribution in [-0.2, 0) is 0 Å². The molecule has 0 radical (unpaired) electrons. The Bertz CT molecular complexity index is 549. The van der Waals surface area contributed by atoms with Gasteiger partial charge in [-0.25, -0.2) is 0 Å². The summed E-state index contributed by atoms with van der Waals surface area (Å²) in [5, 5.41) is 3.06. The molecule has 18 heavy (non-hydrogen) atoms. The smallest absolute Gasteiger partial charge is 0.323 e. The predicted octanol–water partition coefficient (Wildman–Crippen LogP) is 2.20. The van der Waals surface area contributed by atoms with E-state index in [2.05, 4.69) is 42.9 Å². The van der Waals surface area contributed by atoms with Crippen molar-refractivity contribution in [2.75, 3.05) is 17.7 Å². The normalized spacial score (nSPS) is 10.1. The van der Waals surface area contributed by atoms with E-state index in [0.29, 0.717) is 12.6 Å². The van der Waals surface area contributed by atoms with Crippen molar-refractivity contribution < 1.29 is 4.74 Å². The Morgan fingerprint density at radius 1 is 1.33 bits per heavy atom. The first-order chi connectivity index (χ1) is 8.67. The molecule has 2 rings (SSSR count). The van der Waals surface area contributed by atoms with Gasteiger partial charge in [0.1, 0.15) is 0 Å². The fourth-order valence-corrected chi connectivity index (χ4v) is 1.86. The van der Waals surface area contributed by atoms with Gasteiger partial charge in [0, 0.05) is 9.26 Å². The van der Waals surface area contributed by atoms with Gasteiger partial charge >= 0.3 is 6.01 Å². The Hall–Kier alpha value is -1.64. The van der Waals surface area contributed by atoms with Crippen molar-refractivity contribution >= 4 is 40.2 Å². The maximum absolute atomic E-state index is 5.59. The van der Waals surface area contributed by atoms with E-state index in [1.54, 1.807) is 0 Å². The zero-order valence-electron chi connectivity index (χ0n) is 9.72. The molecule has 2 aromatic rings. The van der Waals surface area contributed by atoms with Crippen LogP contribution in [0.5, 0.6) is 6.01 Å². The Labute approximate surface area is 118 Å². The molecule has 0 amide bonds. The van der Waals surface area contributed by atoms with Gasteiger partial charge in [0.25, 0.3) is 0 Å². The standard InChI is InChI=1S/C11H12IN5O/c1-2-18-11-16-9(13)15-10(17-11)14-8-5-3-4-7(12)6-8/h3-6H,2H2,1H3,(H3,13,14,15,16,17). The first-order valence-corrected chi connectivity index (χ1v) is 6.42. The molecular formula is C11H12IN5O. The average Bonchev–Trinajstić information content (AvgIpc) is 2.28. The lowest BCUT2D eigenvalue weighted by Gasteiger charge is -2.07. The van der Waals surface area contributed by atoms with Gasteiger partial charge in [0.05, 0.1) is 6.61 Å². The third-order valence-corrected chi connectivity index (χ3v) is 2.66. The number of nitrogens with zero attached hydrogens (tertiary/aromatic N) is 3. The molecule has 0 fully saturated rings. The summed E-state index contributed by atoms with van der Waals surface area (Å²) in [7, 11) is 0. The number of benzene rings is 1. The second-order valence-electron chi connectivity index (χ2n) is 3.37. The number of hydrogen-bond acceptors (Lipinski definition) is 6. The van der Waals surface area contributed by atoms with Crippen molar-refractivity contribution in [1.82, 2.24) is 15.0 Å². The van der Waals surface area contributed by atoms with Crippen LogP contribution in [0.15, 0.2) is 24.3 Å². The van der Waals surface area contributed by atoms with Crippen LogP contribution in [0.4, 0.5) is 17.6 Å². The van der Waals surface area contributed by atoms with Crippen LogP contribution in [0.2, 0.25) is 0 Å². The first-order valence-electron chi connectivity index (χ1n) is 5.34. The number of nitrogens with one attached hydrogen (secondary N) is 1. The molecule has 1 aromatic heterocycles. The van der Waals surface area contributed by atoms with E-state index < -0.39 is 0 Å². The molecule has 1 heterocycles. The SMILES string of the molecule is CCOc1nc(N)nc(Nc2cccc(I)c2)n1. The Morgan fingerprint density at radius 2 is 2.17 bits per heavy atom. The maximum Gasteiger partial charge on any atom is 0.323 e. The molecule has 0 saturated heterocycles. The molecule has 0 bridgehead atoms. The van der Waals surface area contributed by atoms with E-state index >= 15 is 0 Å². The fourth-order valence-electron chi connectivity index (χ4n) is 1.32. The molecule has 0 aliphatic rings. The molecule has 7 heteroatoms. The highest BCUT2D eigenvalue weighted by molar-refractivity contribution is 14.1. The number of nitrogens with two attached hydrogens (primary N) is 1. The molecule has 0 aliphatic heterocycles. The highest BCUT2D eigenvalue weighted by Crippen LogP contribution is 2.17. The third-order valence-electron chi connectivity index (χ3n) is 1.99. The number of anilines is 3. The summed E-state index contributed by atoms with van der Waals surface area (Å²) in [6.45, 7) is 2.33. The lowest BCUT2D eigenvalue weighted by molar-refractivity contribution is 0.312. The van der Waals surface area contributed by atoms with E-state index in [4.69, 9.17) is 10.5 Å². The maximum atomic E-state index is 5.59. The summed E-state index contributed by atoms with van der Waals surface area (Å²) in [6.07, 6.45) is 0. The lowest BCUT2D eigenvalue weighted by Crippen LogP contribution is -2.06. The Balaban J connectivity index is 2.23. The minimum absolute atomic E-state index is 0.126. The number of halogens is 1. The molecule has 0 spiro atoms. The molecular weight excluding hydrogens is 345 g/mol. The number of aromatic nitrogens is 3. The van der Waals surface area contributed by atoms with Gasteiger partial charge in [-0.05, 0) is 47.7 Å². The number of hydrogen-bond donors (Lipinski definition) is 2. The van der Waals surface area contributed by atoms with Crippen molar-refractivity contribution in [3.63, 3.8) is 0 Å². The minimum Gasteiger partial charge on any atom is -0.464 e. The summed E-state index contributed by atoms with van der Waals surface area (Å²) in [5.41, 5.74) is 6.47.